The van der Waals surface area contributed by atoms with Crippen molar-refractivity contribution in [1.82, 2.24) is 19.5 Å². The Morgan fingerprint density at radius 2 is 0.911 bits per heavy atom. The Morgan fingerprint density at radius 1 is 0.357 bits per heavy atom. The Balaban J connectivity index is 1.18. The first-order valence-electron chi connectivity index (χ1n) is 18.8. The zero-order valence-corrected chi connectivity index (χ0v) is 30.2. The quantitative estimate of drug-likeness (QED) is 0.172. The van der Waals surface area contributed by atoms with Crippen molar-refractivity contribution in [2.75, 3.05) is 0 Å². The molecule has 0 spiro atoms. The minimum Gasteiger partial charge on any atom is -0.455 e. The van der Waals surface area contributed by atoms with Crippen molar-refractivity contribution in [2.24, 2.45) is 0 Å². The Morgan fingerprint density at radius 3 is 1.68 bits per heavy atom. The zero-order chi connectivity index (χ0) is 37.0. The number of rotatable bonds is 6. The van der Waals surface area contributed by atoms with E-state index in [0.29, 0.717) is 17.5 Å². The third-order valence-electron chi connectivity index (χ3n) is 10.7. The molecular weight excluding hydrogens is 685 g/mol. The fourth-order valence-corrected chi connectivity index (χ4v) is 8.12. The van der Waals surface area contributed by atoms with Crippen LogP contribution in [-0.4, -0.2) is 19.5 Å². The molecule has 5 nitrogen and oxygen atoms in total. The van der Waals surface area contributed by atoms with Crippen LogP contribution in [0.3, 0.4) is 0 Å². The van der Waals surface area contributed by atoms with E-state index in [2.05, 4.69) is 174 Å². The molecule has 262 valence electrons. The summed E-state index contributed by atoms with van der Waals surface area (Å²) in [6, 6.07) is 67.2. The van der Waals surface area contributed by atoms with Gasteiger partial charge in [0.15, 0.2) is 17.5 Å². The molecule has 56 heavy (non-hydrogen) atoms. The molecule has 0 N–H and O–H groups in total. The lowest BCUT2D eigenvalue weighted by Gasteiger charge is -2.14. The SMILES string of the molecule is c1ccc(-c2ccccc2-c2nc(-c3ccc4oc5c(-c6ccccc6)cccc5c4c3)nc(-c3cccc4c5ccccc5n(-c5ccccc5)c34)n2)cc1. The maximum atomic E-state index is 6.56. The average molecular weight is 717 g/mol. The number of furan rings is 1. The molecule has 0 unspecified atom stereocenters. The molecule has 11 aromatic rings. The van der Waals surface area contributed by atoms with E-state index >= 15 is 0 Å². The molecule has 0 bridgehead atoms. The van der Waals surface area contributed by atoms with Crippen LogP contribution in [0.15, 0.2) is 199 Å². The highest BCUT2D eigenvalue weighted by molar-refractivity contribution is 6.14. The molecule has 0 aliphatic rings. The summed E-state index contributed by atoms with van der Waals surface area (Å²) in [6.07, 6.45) is 0. The first-order chi connectivity index (χ1) is 27.8. The Labute approximate surface area is 322 Å². The van der Waals surface area contributed by atoms with E-state index in [0.717, 1.165) is 83.0 Å². The van der Waals surface area contributed by atoms with Crippen molar-refractivity contribution in [1.29, 1.82) is 0 Å². The van der Waals surface area contributed by atoms with Crippen LogP contribution in [0.25, 0.3) is 106 Å². The lowest BCUT2D eigenvalue weighted by molar-refractivity contribution is 0.670. The highest BCUT2D eigenvalue weighted by Gasteiger charge is 2.22. The van der Waals surface area contributed by atoms with Gasteiger partial charge in [0.05, 0.1) is 11.0 Å². The van der Waals surface area contributed by atoms with Crippen LogP contribution in [0.4, 0.5) is 0 Å². The smallest absolute Gasteiger partial charge is 0.166 e. The lowest BCUT2D eigenvalue weighted by atomic mass is 9.99. The number of para-hydroxylation sites is 4. The molecule has 8 aromatic carbocycles. The summed E-state index contributed by atoms with van der Waals surface area (Å²) < 4.78 is 8.88. The van der Waals surface area contributed by atoms with Gasteiger partial charge in [0, 0.05) is 49.5 Å². The Hall–Kier alpha value is -7.63. The van der Waals surface area contributed by atoms with Gasteiger partial charge < -0.3 is 8.98 Å². The number of nitrogens with zero attached hydrogens (tertiary/aromatic N) is 4. The molecule has 0 saturated heterocycles. The van der Waals surface area contributed by atoms with Gasteiger partial charge in [0.2, 0.25) is 0 Å². The number of hydrogen-bond acceptors (Lipinski definition) is 4. The molecule has 5 heteroatoms. The van der Waals surface area contributed by atoms with Crippen LogP contribution in [-0.2, 0) is 0 Å². The highest BCUT2D eigenvalue weighted by Crippen LogP contribution is 2.41. The van der Waals surface area contributed by atoms with Gasteiger partial charge in [-0.1, -0.05) is 152 Å². The summed E-state index contributed by atoms with van der Waals surface area (Å²) in [5, 5.41) is 4.36. The summed E-state index contributed by atoms with van der Waals surface area (Å²) in [5.41, 5.74) is 12.0. The number of benzene rings is 8. The van der Waals surface area contributed by atoms with Gasteiger partial charge in [-0.25, -0.2) is 15.0 Å². The summed E-state index contributed by atoms with van der Waals surface area (Å²) in [5.74, 6) is 1.79. The lowest BCUT2D eigenvalue weighted by Crippen LogP contribution is -2.02. The van der Waals surface area contributed by atoms with Crippen LogP contribution >= 0.6 is 0 Å². The fraction of sp³-hybridized carbons (Fsp3) is 0. The van der Waals surface area contributed by atoms with Crippen LogP contribution < -0.4 is 0 Å². The van der Waals surface area contributed by atoms with E-state index in [1.54, 1.807) is 0 Å². The molecule has 3 aromatic heterocycles. The van der Waals surface area contributed by atoms with Crippen LogP contribution in [0.2, 0.25) is 0 Å². The predicted octanol–water partition coefficient (Wildman–Crippen LogP) is 13.2. The Bertz CT molecular complexity index is 3240. The van der Waals surface area contributed by atoms with E-state index in [9.17, 15) is 0 Å². The van der Waals surface area contributed by atoms with Crippen molar-refractivity contribution in [3.63, 3.8) is 0 Å². The zero-order valence-electron chi connectivity index (χ0n) is 30.2. The van der Waals surface area contributed by atoms with Gasteiger partial charge >= 0.3 is 0 Å². The van der Waals surface area contributed by atoms with Crippen molar-refractivity contribution in [3.05, 3.63) is 194 Å². The molecule has 0 aliphatic carbocycles. The van der Waals surface area contributed by atoms with E-state index in [4.69, 9.17) is 19.4 Å². The third kappa shape index (κ3) is 5.21. The molecular formula is C51H32N4O. The number of hydrogen-bond donors (Lipinski definition) is 0. The van der Waals surface area contributed by atoms with Crippen LogP contribution in [0.5, 0.6) is 0 Å². The third-order valence-corrected chi connectivity index (χ3v) is 10.7. The minimum atomic E-state index is 0.586. The van der Waals surface area contributed by atoms with E-state index in [-0.39, 0.29) is 0 Å². The van der Waals surface area contributed by atoms with Gasteiger partial charge in [0.1, 0.15) is 11.2 Å². The van der Waals surface area contributed by atoms with Crippen molar-refractivity contribution in [3.8, 4) is 62.1 Å². The molecule has 0 aliphatic heterocycles. The second kappa shape index (κ2) is 13.0. The van der Waals surface area contributed by atoms with Crippen LogP contribution in [0, 0.1) is 0 Å². The largest absolute Gasteiger partial charge is 0.455 e. The van der Waals surface area contributed by atoms with Gasteiger partial charge in [-0.2, -0.15) is 0 Å². The molecule has 0 atom stereocenters. The molecule has 0 amide bonds. The maximum absolute atomic E-state index is 6.56. The summed E-state index contributed by atoms with van der Waals surface area (Å²) in [6.45, 7) is 0. The first-order valence-corrected chi connectivity index (χ1v) is 18.8. The van der Waals surface area contributed by atoms with Gasteiger partial charge in [0.25, 0.3) is 0 Å². The van der Waals surface area contributed by atoms with E-state index in [1.165, 1.54) is 5.39 Å². The van der Waals surface area contributed by atoms with Crippen molar-refractivity contribution >= 4 is 43.7 Å². The van der Waals surface area contributed by atoms with Gasteiger partial charge in [-0.15, -0.1) is 0 Å². The molecule has 0 radical (unpaired) electrons. The summed E-state index contributed by atoms with van der Waals surface area (Å²) >= 11 is 0. The molecule has 11 rings (SSSR count). The minimum absolute atomic E-state index is 0.586. The monoisotopic (exact) mass is 716 g/mol. The molecule has 3 heterocycles. The summed E-state index contributed by atoms with van der Waals surface area (Å²) in [7, 11) is 0. The van der Waals surface area contributed by atoms with Gasteiger partial charge in [-0.3, -0.25) is 0 Å². The number of aromatic nitrogens is 4. The normalized spacial score (nSPS) is 11.6. The maximum Gasteiger partial charge on any atom is 0.166 e. The number of fused-ring (bicyclic) bond motifs is 6. The fourth-order valence-electron chi connectivity index (χ4n) is 8.12. The summed E-state index contributed by atoms with van der Waals surface area (Å²) in [4.78, 5) is 15.9. The molecule has 0 fully saturated rings. The highest BCUT2D eigenvalue weighted by atomic mass is 16.3. The molecule has 0 saturated carbocycles. The van der Waals surface area contributed by atoms with Gasteiger partial charge in [-0.05, 0) is 59.2 Å². The second-order valence-electron chi connectivity index (χ2n) is 14.0. The van der Waals surface area contributed by atoms with E-state index in [1.807, 2.05) is 24.3 Å². The standard InChI is InChI=1S/C51H32N4O/c1-4-16-33(17-5-1)37-22-10-11-24-42(37)50-52-49(35-30-31-46-44(32-35)41-27-14-25-38(48(41)56-46)34-18-6-2-7-19-34)53-51(54-50)43-28-15-26-40-39-23-12-13-29-45(39)55(47(40)43)36-20-8-3-9-21-36/h1-32H. The average Bonchev–Trinajstić information content (AvgIpc) is 3.83. The van der Waals surface area contributed by atoms with Crippen molar-refractivity contribution in [2.45, 2.75) is 0 Å². The Kier molecular flexibility index (Phi) is 7.42. The predicted molar refractivity (Wildman–Crippen MR) is 229 cm³/mol. The van der Waals surface area contributed by atoms with Crippen LogP contribution in [0.1, 0.15) is 0 Å². The second-order valence-corrected chi connectivity index (χ2v) is 14.0. The first kappa shape index (κ1) is 31.9. The van der Waals surface area contributed by atoms with E-state index < -0.39 is 0 Å². The van der Waals surface area contributed by atoms with Crippen molar-refractivity contribution < 1.29 is 4.42 Å². The topological polar surface area (TPSA) is 56.7 Å².